The summed E-state index contributed by atoms with van der Waals surface area (Å²) in [5.74, 6) is 3.46. The van der Waals surface area contributed by atoms with Crippen LogP contribution in [-0.2, 0) is 9.59 Å². The molecule has 2 nitrogen and oxygen atoms in total. The molecule has 0 unspecified atom stereocenters. The minimum absolute atomic E-state index is 0.0477. The summed E-state index contributed by atoms with van der Waals surface area (Å²) in [6, 6.07) is 0. The molecular weight excluding hydrogens is 356 g/mol. The van der Waals surface area contributed by atoms with Crippen molar-refractivity contribution in [2.24, 2.45) is 34.5 Å². The lowest BCUT2D eigenvalue weighted by atomic mass is 9.45. The molecule has 4 rings (SSSR count). The molecular formula is C27H42O2. The number of allylic oxidation sites excluding steroid dienone is 1. The third-order valence-electron chi connectivity index (χ3n) is 9.73. The molecule has 4 aliphatic carbocycles. The van der Waals surface area contributed by atoms with Crippen LogP contribution in [0.5, 0.6) is 0 Å². The minimum Gasteiger partial charge on any atom is -0.299 e. The molecule has 3 saturated carbocycles. The van der Waals surface area contributed by atoms with Crippen molar-refractivity contribution in [3.63, 3.8) is 0 Å². The van der Waals surface area contributed by atoms with E-state index in [1.165, 1.54) is 63.4 Å². The van der Waals surface area contributed by atoms with Crippen LogP contribution in [0.25, 0.3) is 0 Å². The molecule has 0 saturated heterocycles. The number of carbonyl (C=O) groups is 2. The molecule has 0 aliphatic heterocycles. The van der Waals surface area contributed by atoms with E-state index >= 15 is 0 Å². The summed E-state index contributed by atoms with van der Waals surface area (Å²) in [5.41, 5.74) is 1.67. The Bertz CT molecular complexity index is 676. The minimum atomic E-state index is -0.0477. The van der Waals surface area contributed by atoms with Gasteiger partial charge in [-0.2, -0.15) is 0 Å². The summed E-state index contributed by atoms with van der Waals surface area (Å²) in [5, 5.41) is 0. The number of Topliss-reactive ketones (excluding diaryl/α,β-unsaturated/α-hetero) is 1. The molecule has 0 aromatic rings. The zero-order valence-electron chi connectivity index (χ0n) is 19.1. The fourth-order valence-electron chi connectivity index (χ4n) is 8.00. The van der Waals surface area contributed by atoms with Crippen LogP contribution in [0.4, 0.5) is 0 Å². The Hall–Kier alpha value is -0.920. The van der Waals surface area contributed by atoms with E-state index in [0.717, 1.165) is 32.1 Å². The summed E-state index contributed by atoms with van der Waals surface area (Å²) in [7, 11) is 0. The van der Waals surface area contributed by atoms with Gasteiger partial charge >= 0.3 is 0 Å². The van der Waals surface area contributed by atoms with Crippen LogP contribution in [-0.4, -0.2) is 11.6 Å². The first kappa shape index (κ1) is 21.3. The van der Waals surface area contributed by atoms with Crippen LogP contribution in [0.3, 0.4) is 0 Å². The Labute approximate surface area is 178 Å². The Balaban J connectivity index is 1.53. The summed E-state index contributed by atoms with van der Waals surface area (Å²) in [6.45, 7) is 7.04. The van der Waals surface area contributed by atoms with Crippen LogP contribution < -0.4 is 0 Å². The predicted molar refractivity (Wildman–Crippen MR) is 119 cm³/mol. The Morgan fingerprint density at radius 3 is 2.41 bits per heavy atom. The first-order valence-electron chi connectivity index (χ1n) is 12.7. The fraction of sp³-hybridized carbons (Fsp3) is 0.852. The lowest BCUT2D eigenvalue weighted by Gasteiger charge is -2.59. The third kappa shape index (κ3) is 3.68. The highest BCUT2D eigenvalue weighted by atomic mass is 16.1. The molecule has 162 valence electrons. The summed E-state index contributed by atoms with van der Waals surface area (Å²) in [6.07, 6.45) is 18.6. The first-order valence-corrected chi connectivity index (χ1v) is 12.7. The van der Waals surface area contributed by atoms with Crippen LogP contribution in [0.2, 0.25) is 0 Å². The van der Waals surface area contributed by atoms with E-state index in [1.54, 1.807) is 0 Å². The number of ketones is 2. The second-order valence-electron chi connectivity index (χ2n) is 11.3. The van der Waals surface area contributed by atoms with Gasteiger partial charge in [0.15, 0.2) is 5.78 Å². The van der Waals surface area contributed by atoms with Crippen molar-refractivity contribution >= 4 is 11.6 Å². The van der Waals surface area contributed by atoms with Crippen molar-refractivity contribution in [3.8, 4) is 0 Å². The molecule has 2 heteroatoms. The van der Waals surface area contributed by atoms with Crippen molar-refractivity contribution in [3.05, 3.63) is 11.6 Å². The van der Waals surface area contributed by atoms with Gasteiger partial charge in [-0.05, 0) is 73.7 Å². The standard InChI is InChI=1S/C27H42O2/c1-4-5-6-7-8-9-10-19-17-21-22-11-12-25(29)27(22,3)16-14-23(21)26(2)15-13-20(28)18-24(19)26/h18-19,21-23H,4-17H2,1-3H3/t19-,21+,22+,23+,26-,27+/m1/s1. The van der Waals surface area contributed by atoms with Gasteiger partial charge in [0.1, 0.15) is 5.78 Å². The number of hydrogen-bond acceptors (Lipinski definition) is 2. The van der Waals surface area contributed by atoms with E-state index < -0.39 is 0 Å². The van der Waals surface area contributed by atoms with Crippen molar-refractivity contribution in [2.45, 2.75) is 111 Å². The van der Waals surface area contributed by atoms with E-state index in [-0.39, 0.29) is 10.8 Å². The van der Waals surface area contributed by atoms with E-state index in [0.29, 0.717) is 35.2 Å². The maximum Gasteiger partial charge on any atom is 0.155 e. The van der Waals surface area contributed by atoms with Gasteiger partial charge in [0, 0.05) is 18.3 Å². The maximum atomic E-state index is 12.7. The number of unbranched alkanes of at least 4 members (excludes halogenated alkanes) is 5. The monoisotopic (exact) mass is 398 g/mol. The second-order valence-corrected chi connectivity index (χ2v) is 11.3. The lowest BCUT2D eigenvalue weighted by molar-refractivity contribution is -0.133. The molecule has 3 fully saturated rings. The molecule has 0 amide bonds. The van der Waals surface area contributed by atoms with Crippen LogP contribution >= 0.6 is 0 Å². The van der Waals surface area contributed by atoms with Crippen LogP contribution in [0.1, 0.15) is 111 Å². The Kier molecular flexibility index (Phi) is 6.11. The molecule has 0 aromatic carbocycles. The molecule has 0 radical (unpaired) electrons. The highest BCUT2D eigenvalue weighted by Gasteiger charge is 2.60. The number of carbonyl (C=O) groups excluding carboxylic acids is 2. The summed E-state index contributed by atoms with van der Waals surface area (Å²) in [4.78, 5) is 25.1. The highest BCUT2D eigenvalue weighted by molar-refractivity contribution is 5.92. The summed E-state index contributed by atoms with van der Waals surface area (Å²) >= 11 is 0. The number of hydrogen-bond donors (Lipinski definition) is 0. The van der Waals surface area contributed by atoms with Gasteiger partial charge in [0.2, 0.25) is 0 Å². The normalized spacial score (nSPS) is 41.6. The quantitative estimate of drug-likeness (QED) is 0.430. The zero-order chi connectivity index (χ0) is 20.6. The largest absolute Gasteiger partial charge is 0.299 e. The van der Waals surface area contributed by atoms with Crippen molar-refractivity contribution in [1.82, 2.24) is 0 Å². The molecule has 29 heavy (non-hydrogen) atoms. The molecule has 0 bridgehead atoms. The molecule has 6 atom stereocenters. The van der Waals surface area contributed by atoms with E-state index in [1.807, 2.05) is 0 Å². The van der Waals surface area contributed by atoms with Crippen molar-refractivity contribution in [2.75, 3.05) is 0 Å². The lowest BCUT2D eigenvalue weighted by Crippen LogP contribution is -2.52. The van der Waals surface area contributed by atoms with Gasteiger partial charge in [-0.3, -0.25) is 9.59 Å². The zero-order valence-corrected chi connectivity index (χ0v) is 19.1. The van der Waals surface area contributed by atoms with Gasteiger partial charge in [0.25, 0.3) is 0 Å². The van der Waals surface area contributed by atoms with Gasteiger partial charge in [-0.1, -0.05) is 64.9 Å². The predicted octanol–water partition coefficient (Wildman–Crippen LogP) is 7.06. The average Bonchev–Trinajstić information content (AvgIpc) is 3.00. The summed E-state index contributed by atoms with van der Waals surface area (Å²) < 4.78 is 0. The molecule has 0 spiro atoms. The van der Waals surface area contributed by atoms with Crippen LogP contribution in [0, 0.1) is 34.5 Å². The van der Waals surface area contributed by atoms with Crippen molar-refractivity contribution in [1.29, 1.82) is 0 Å². The number of fused-ring (bicyclic) bond motifs is 5. The van der Waals surface area contributed by atoms with Gasteiger partial charge in [-0.15, -0.1) is 0 Å². The molecule has 0 aromatic heterocycles. The average molecular weight is 399 g/mol. The van der Waals surface area contributed by atoms with E-state index in [4.69, 9.17) is 0 Å². The fourth-order valence-corrected chi connectivity index (χ4v) is 8.00. The van der Waals surface area contributed by atoms with E-state index in [2.05, 4.69) is 26.8 Å². The van der Waals surface area contributed by atoms with Crippen LogP contribution in [0.15, 0.2) is 11.6 Å². The third-order valence-corrected chi connectivity index (χ3v) is 9.73. The number of rotatable bonds is 7. The molecule has 4 aliphatic rings. The molecule has 0 N–H and O–H groups in total. The van der Waals surface area contributed by atoms with Gasteiger partial charge < -0.3 is 0 Å². The van der Waals surface area contributed by atoms with Crippen molar-refractivity contribution < 1.29 is 9.59 Å². The Morgan fingerprint density at radius 1 is 0.897 bits per heavy atom. The smallest absolute Gasteiger partial charge is 0.155 e. The SMILES string of the molecule is CCCCCCCC[C@@H]1C[C@@H]2[C@H](CC[C@]3(C)C(=O)CC[C@@H]23)[C@@]2(C)CCC(=O)C=C12. The van der Waals surface area contributed by atoms with Gasteiger partial charge in [0.05, 0.1) is 0 Å². The molecule has 0 heterocycles. The maximum absolute atomic E-state index is 12.7. The highest BCUT2D eigenvalue weighted by Crippen LogP contribution is 2.65. The van der Waals surface area contributed by atoms with Gasteiger partial charge in [-0.25, -0.2) is 0 Å². The topological polar surface area (TPSA) is 34.1 Å². The first-order chi connectivity index (χ1) is 13.9. The Morgan fingerprint density at radius 2 is 1.62 bits per heavy atom. The second kappa shape index (κ2) is 8.31. The van der Waals surface area contributed by atoms with E-state index in [9.17, 15) is 9.59 Å².